The highest BCUT2D eigenvalue weighted by molar-refractivity contribution is 7.93. The molecule has 3 aromatic rings. The first-order valence-electron chi connectivity index (χ1n) is 7.38. The summed E-state index contributed by atoms with van der Waals surface area (Å²) in [5.41, 5.74) is 0.782. The van der Waals surface area contributed by atoms with Crippen molar-refractivity contribution < 1.29 is 17.9 Å². The molecule has 27 heavy (non-hydrogen) atoms. The summed E-state index contributed by atoms with van der Waals surface area (Å²) in [5, 5.41) is 8.41. The van der Waals surface area contributed by atoms with Gasteiger partial charge in [-0.05, 0) is 36.4 Å². The zero-order valence-corrected chi connectivity index (χ0v) is 17.2. The lowest BCUT2D eigenvalue weighted by Gasteiger charge is -2.10. The maximum absolute atomic E-state index is 12.6. The zero-order chi connectivity index (χ0) is 19.6. The smallest absolute Gasteiger partial charge is 0.265 e. The molecule has 11 heteroatoms. The number of hydrogen-bond donors (Lipinski definition) is 1. The fourth-order valence-corrected chi connectivity index (χ4v) is 4.98. The number of benzene rings is 2. The molecule has 0 amide bonds. The summed E-state index contributed by atoms with van der Waals surface area (Å²) in [6.45, 7) is 0. The Morgan fingerprint density at radius 1 is 0.963 bits per heavy atom. The van der Waals surface area contributed by atoms with Gasteiger partial charge in [0.25, 0.3) is 10.0 Å². The van der Waals surface area contributed by atoms with Gasteiger partial charge in [0.05, 0.1) is 19.2 Å². The van der Waals surface area contributed by atoms with Crippen LogP contribution in [0.3, 0.4) is 0 Å². The van der Waals surface area contributed by atoms with Crippen molar-refractivity contribution in [3.63, 3.8) is 0 Å². The van der Waals surface area contributed by atoms with Crippen LogP contribution in [0.2, 0.25) is 10.0 Å². The third-order valence-corrected chi connectivity index (χ3v) is 6.88. The summed E-state index contributed by atoms with van der Waals surface area (Å²) in [7, 11) is -1.02. The topological polar surface area (TPSA) is 90.4 Å². The van der Waals surface area contributed by atoms with Crippen molar-refractivity contribution >= 4 is 49.7 Å². The summed E-state index contributed by atoms with van der Waals surface area (Å²) >= 11 is 13.2. The van der Waals surface area contributed by atoms with Crippen molar-refractivity contribution in [1.82, 2.24) is 10.2 Å². The monoisotopic (exact) mass is 445 g/mol. The average molecular weight is 446 g/mol. The van der Waals surface area contributed by atoms with Crippen molar-refractivity contribution in [3.05, 3.63) is 46.4 Å². The van der Waals surface area contributed by atoms with Crippen LogP contribution in [0.1, 0.15) is 0 Å². The number of rotatable bonds is 6. The summed E-state index contributed by atoms with van der Waals surface area (Å²) in [6.07, 6.45) is 0. The first-order valence-corrected chi connectivity index (χ1v) is 10.4. The number of nitrogens with zero attached hydrogens (tertiary/aromatic N) is 2. The van der Waals surface area contributed by atoms with E-state index in [0.29, 0.717) is 10.8 Å². The van der Waals surface area contributed by atoms with E-state index in [2.05, 4.69) is 14.9 Å². The molecule has 0 saturated carbocycles. The van der Waals surface area contributed by atoms with Gasteiger partial charge in [0, 0.05) is 5.56 Å². The minimum atomic E-state index is -4.01. The lowest BCUT2D eigenvalue weighted by Crippen LogP contribution is -2.13. The third-order valence-electron chi connectivity index (χ3n) is 3.50. The number of anilines is 1. The maximum Gasteiger partial charge on any atom is 0.265 e. The van der Waals surface area contributed by atoms with Crippen LogP contribution in [0.25, 0.3) is 10.6 Å². The van der Waals surface area contributed by atoms with E-state index in [1.165, 1.54) is 19.2 Å². The van der Waals surface area contributed by atoms with E-state index in [0.717, 1.165) is 16.9 Å². The van der Waals surface area contributed by atoms with Crippen molar-refractivity contribution in [3.8, 4) is 22.1 Å². The highest BCUT2D eigenvalue weighted by Gasteiger charge is 2.23. The van der Waals surface area contributed by atoms with Crippen molar-refractivity contribution in [2.75, 3.05) is 18.9 Å². The molecule has 0 spiro atoms. The largest absolute Gasteiger partial charge is 0.497 e. The van der Waals surface area contributed by atoms with Gasteiger partial charge in [-0.3, -0.25) is 4.72 Å². The minimum absolute atomic E-state index is 0.0122. The predicted octanol–water partition coefficient (Wildman–Crippen LogP) is 4.33. The Kier molecular flexibility index (Phi) is 5.75. The number of methoxy groups -OCH3 is 2. The minimum Gasteiger partial charge on any atom is -0.497 e. The molecule has 0 radical (unpaired) electrons. The van der Waals surface area contributed by atoms with Gasteiger partial charge in [-0.2, -0.15) is 0 Å². The fourth-order valence-electron chi connectivity index (χ4n) is 2.16. The van der Waals surface area contributed by atoms with E-state index in [4.69, 9.17) is 32.7 Å². The Balaban J connectivity index is 1.87. The second kappa shape index (κ2) is 7.89. The maximum atomic E-state index is 12.6. The number of sulfonamides is 1. The standard InChI is InChI=1S/C16H13Cl2N3O4S2/c1-24-10-5-3-9(4-6-10)15-19-20-16(26-15)21-27(22,23)12-8-7-11(25-2)13(17)14(12)18/h3-8H,1-2H3,(H,20,21). The first-order chi connectivity index (χ1) is 12.9. The molecule has 0 bridgehead atoms. The molecule has 0 unspecified atom stereocenters. The van der Waals surface area contributed by atoms with Gasteiger partial charge >= 0.3 is 0 Å². The van der Waals surface area contributed by atoms with Gasteiger partial charge in [0.1, 0.15) is 26.4 Å². The van der Waals surface area contributed by atoms with Gasteiger partial charge in [0.2, 0.25) is 5.13 Å². The zero-order valence-electron chi connectivity index (χ0n) is 14.1. The number of halogens is 2. The van der Waals surface area contributed by atoms with Crippen LogP contribution < -0.4 is 14.2 Å². The number of nitrogens with one attached hydrogen (secondary N) is 1. The van der Waals surface area contributed by atoms with Crippen LogP contribution in [-0.4, -0.2) is 32.8 Å². The van der Waals surface area contributed by atoms with Crippen LogP contribution >= 0.6 is 34.5 Å². The molecule has 0 saturated heterocycles. The van der Waals surface area contributed by atoms with E-state index < -0.39 is 10.0 Å². The molecule has 7 nitrogen and oxygen atoms in total. The molecule has 1 N–H and O–H groups in total. The molecule has 0 fully saturated rings. The molecule has 142 valence electrons. The molecule has 0 aliphatic rings. The number of hydrogen-bond acceptors (Lipinski definition) is 7. The summed E-state index contributed by atoms with van der Waals surface area (Å²) in [6, 6.07) is 9.89. The lowest BCUT2D eigenvalue weighted by atomic mass is 10.2. The predicted molar refractivity (Wildman–Crippen MR) is 106 cm³/mol. The van der Waals surface area contributed by atoms with Crippen molar-refractivity contribution in [2.45, 2.75) is 4.90 Å². The summed E-state index contributed by atoms with van der Waals surface area (Å²) in [4.78, 5) is -0.184. The van der Waals surface area contributed by atoms with Crippen molar-refractivity contribution in [2.24, 2.45) is 0 Å². The Morgan fingerprint density at radius 3 is 2.30 bits per heavy atom. The average Bonchev–Trinajstić information content (AvgIpc) is 3.11. The highest BCUT2D eigenvalue weighted by Crippen LogP contribution is 2.37. The molecule has 2 aromatic carbocycles. The van der Waals surface area contributed by atoms with Gasteiger partial charge in [0.15, 0.2) is 0 Å². The molecular formula is C16H13Cl2N3O4S2. The van der Waals surface area contributed by atoms with Crippen molar-refractivity contribution in [1.29, 1.82) is 0 Å². The Hall–Kier alpha value is -2.07. The van der Waals surface area contributed by atoms with E-state index in [1.54, 1.807) is 31.4 Å². The molecule has 1 heterocycles. The van der Waals surface area contributed by atoms with E-state index in [9.17, 15) is 8.42 Å². The number of aromatic nitrogens is 2. The molecule has 0 atom stereocenters. The normalized spacial score (nSPS) is 11.3. The van der Waals surface area contributed by atoms with E-state index in [-0.39, 0.29) is 25.8 Å². The molecule has 1 aromatic heterocycles. The van der Waals surface area contributed by atoms with Gasteiger partial charge < -0.3 is 9.47 Å². The fraction of sp³-hybridized carbons (Fsp3) is 0.125. The second-order valence-corrected chi connectivity index (χ2v) is 8.52. The molecule has 0 aliphatic carbocycles. The lowest BCUT2D eigenvalue weighted by molar-refractivity contribution is 0.414. The van der Waals surface area contributed by atoms with Gasteiger partial charge in [-0.25, -0.2) is 8.42 Å². The van der Waals surface area contributed by atoms with Crippen LogP contribution in [-0.2, 0) is 10.0 Å². The van der Waals surface area contributed by atoms with Gasteiger partial charge in [-0.1, -0.05) is 34.5 Å². The SMILES string of the molecule is COc1ccc(-c2nnc(NS(=O)(=O)c3ccc(OC)c(Cl)c3Cl)s2)cc1. The van der Waals surface area contributed by atoms with Crippen LogP contribution in [0, 0.1) is 0 Å². The summed E-state index contributed by atoms with van der Waals surface area (Å²) in [5.74, 6) is 0.980. The summed E-state index contributed by atoms with van der Waals surface area (Å²) < 4.78 is 37.7. The molecular weight excluding hydrogens is 433 g/mol. The van der Waals surface area contributed by atoms with Gasteiger partial charge in [-0.15, -0.1) is 10.2 Å². The van der Waals surface area contributed by atoms with Crippen LogP contribution in [0.5, 0.6) is 11.5 Å². The quantitative estimate of drug-likeness (QED) is 0.606. The van der Waals surface area contributed by atoms with E-state index >= 15 is 0 Å². The van der Waals surface area contributed by atoms with Crippen LogP contribution in [0.4, 0.5) is 5.13 Å². The Morgan fingerprint density at radius 2 is 1.67 bits per heavy atom. The second-order valence-electron chi connectivity index (χ2n) is 5.14. The van der Waals surface area contributed by atoms with Crippen LogP contribution in [0.15, 0.2) is 41.3 Å². The first kappa shape index (κ1) is 19.7. The third kappa shape index (κ3) is 4.11. The van der Waals surface area contributed by atoms with E-state index in [1.807, 2.05) is 0 Å². The number of ether oxygens (including phenoxy) is 2. The molecule has 3 rings (SSSR count). The molecule has 0 aliphatic heterocycles. The Bertz CT molecular complexity index is 1070. The highest BCUT2D eigenvalue weighted by atomic mass is 35.5. The Labute approximate surface area is 169 Å².